The van der Waals surface area contributed by atoms with Gasteiger partial charge in [-0.2, -0.15) is 0 Å². The molecule has 1 N–H and O–H groups in total. The van der Waals surface area contributed by atoms with Gasteiger partial charge in [0.05, 0.1) is 0 Å². The van der Waals surface area contributed by atoms with Crippen molar-refractivity contribution in [1.82, 2.24) is 5.32 Å². The fourth-order valence-electron chi connectivity index (χ4n) is 1.41. The third-order valence-corrected chi connectivity index (χ3v) is 2.97. The Bertz CT molecular complexity index is 131. The van der Waals surface area contributed by atoms with Gasteiger partial charge in [-0.15, -0.1) is 0 Å². The second kappa shape index (κ2) is 5.76. The molecular formula is C10H20BrN. The highest BCUT2D eigenvalue weighted by atomic mass is 79.9. The normalized spacial score (nSPS) is 11.7. The topological polar surface area (TPSA) is 12.0 Å². The Hall–Kier alpha value is 0.180. The average Bonchev–Trinajstić information content (AvgIpc) is 2.08. The van der Waals surface area contributed by atoms with E-state index in [1.165, 1.54) is 19.3 Å². The zero-order valence-electron chi connectivity index (χ0n) is 8.41. The van der Waals surface area contributed by atoms with Crippen LogP contribution in [0.4, 0.5) is 0 Å². The lowest BCUT2D eigenvalue weighted by molar-refractivity contribution is 0.302. The van der Waals surface area contributed by atoms with Crippen LogP contribution in [0.2, 0.25) is 0 Å². The molecule has 0 aromatic heterocycles. The quantitative estimate of drug-likeness (QED) is 0.742. The fraction of sp³-hybridized carbons (Fsp3) is 0.800. The van der Waals surface area contributed by atoms with Crippen molar-refractivity contribution in [2.45, 2.75) is 45.6 Å². The molecule has 72 valence electrons. The third kappa shape index (κ3) is 3.72. The van der Waals surface area contributed by atoms with E-state index in [-0.39, 0.29) is 0 Å². The number of hydrogen-bond acceptors (Lipinski definition) is 1. The minimum Gasteiger partial charge on any atom is -0.307 e. The van der Waals surface area contributed by atoms with E-state index in [0.717, 1.165) is 11.0 Å². The molecule has 0 radical (unpaired) electrons. The molecule has 0 fully saturated rings. The van der Waals surface area contributed by atoms with Crippen LogP contribution in [0.3, 0.4) is 0 Å². The van der Waals surface area contributed by atoms with Gasteiger partial charge in [-0.1, -0.05) is 43.3 Å². The Labute approximate surface area is 84.8 Å². The van der Waals surface area contributed by atoms with Crippen LogP contribution in [-0.2, 0) is 0 Å². The summed E-state index contributed by atoms with van der Waals surface area (Å²) in [6.07, 6.45) is 3.54. The van der Waals surface area contributed by atoms with Crippen LogP contribution < -0.4 is 5.32 Å². The lowest BCUT2D eigenvalue weighted by Gasteiger charge is -2.31. The van der Waals surface area contributed by atoms with Crippen molar-refractivity contribution in [3.8, 4) is 0 Å². The van der Waals surface area contributed by atoms with Gasteiger partial charge >= 0.3 is 0 Å². The smallest absolute Gasteiger partial charge is 0.0270 e. The van der Waals surface area contributed by atoms with Crippen molar-refractivity contribution in [1.29, 1.82) is 0 Å². The molecule has 0 spiro atoms. The van der Waals surface area contributed by atoms with E-state index in [4.69, 9.17) is 0 Å². The van der Waals surface area contributed by atoms with E-state index in [1.54, 1.807) is 0 Å². The number of halogens is 1. The largest absolute Gasteiger partial charge is 0.307 e. The summed E-state index contributed by atoms with van der Waals surface area (Å²) in [5.41, 5.74) is 0.316. The molecule has 0 aliphatic rings. The monoisotopic (exact) mass is 233 g/mol. The Morgan fingerprint density at radius 1 is 1.25 bits per heavy atom. The van der Waals surface area contributed by atoms with E-state index in [2.05, 4.69) is 48.6 Å². The first kappa shape index (κ1) is 12.2. The fourth-order valence-corrected chi connectivity index (χ4v) is 1.55. The molecule has 0 saturated heterocycles. The van der Waals surface area contributed by atoms with Crippen LogP contribution in [0.5, 0.6) is 0 Å². The number of nitrogens with one attached hydrogen (secondary N) is 1. The van der Waals surface area contributed by atoms with Crippen molar-refractivity contribution in [2.75, 3.05) is 6.54 Å². The molecule has 0 amide bonds. The van der Waals surface area contributed by atoms with E-state index in [0.29, 0.717) is 5.54 Å². The van der Waals surface area contributed by atoms with Gasteiger partial charge < -0.3 is 5.32 Å². The molecule has 0 aromatic rings. The van der Waals surface area contributed by atoms with Crippen LogP contribution in [0.15, 0.2) is 11.1 Å². The molecule has 0 rings (SSSR count). The molecule has 0 aliphatic heterocycles. The Morgan fingerprint density at radius 3 is 1.92 bits per heavy atom. The van der Waals surface area contributed by atoms with E-state index in [9.17, 15) is 0 Å². The maximum Gasteiger partial charge on any atom is 0.0270 e. The molecule has 0 heterocycles. The van der Waals surface area contributed by atoms with Gasteiger partial charge in [-0.3, -0.25) is 0 Å². The van der Waals surface area contributed by atoms with E-state index in [1.807, 2.05) is 0 Å². The zero-order valence-corrected chi connectivity index (χ0v) is 10.00. The van der Waals surface area contributed by atoms with E-state index < -0.39 is 0 Å². The van der Waals surface area contributed by atoms with Crippen LogP contribution in [0.25, 0.3) is 0 Å². The van der Waals surface area contributed by atoms with Gasteiger partial charge in [0, 0.05) is 16.6 Å². The summed E-state index contributed by atoms with van der Waals surface area (Å²) in [6, 6.07) is 0. The third-order valence-electron chi connectivity index (χ3n) is 2.69. The van der Waals surface area contributed by atoms with Crippen molar-refractivity contribution in [3.63, 3.8) is 0 Å². The Morgan fingerprint density at radius 2 is 1.67 bits per heavy atom. The Kier molecular flexibility index (Phi) is 5.85. The van der Waals surface area contributed by atoms with Crippen LogP contribution in [0, 0.1) is 0 Å². The first-order valence-electron chi connectivity index (χ1n) is 4.68. The minimum atomic E-state index is 0.316. The molecule has 0 aromatic carbocycles. The summed E-state index contributed by atoms with van der Waals surface area (Å²) < 4.78 is 1.03. The van der Waals surface area contributed by atoms with Crippen molar-refractivity contribution >= 4 is 15.9 Å². The van der Waals surface area contributed by atoms with Crippen LogP contribution in [0.1, 0.15) is 40.0 Å². The van der Waals surface area contributed by atoms with Gasteiger partial charge in [-0.25, -0.2) is 0 Å². The highest BCUT2D eigenvalue weighted by Crippen LogP contribution is 2.19. The first-order chi connectivity index (χ1) is 5.60. The summed E-state index contributed by atoms with van der Waals surface area (Å²) in [4.78, 5) is 0. The van der Waals surface area contributed by atoms with Crippen molar-refractivity contribution in [3.05, 3.63) is 11.1 Å². The molecular weight excluding hydrogens is 214 g/mol. The zero-order chi connectivity index (χ0) is 9.61. The predicted octanol–water partition coefficient (Wildman–Crippen LogP) is 3.45. The average molecular weight is 234 g/mol. The molecule has 0 unspecified atom stereocenters. The number of hydrogen-bond donors (Lipinski definition) is 1. The van der Waals surface area contributed by atoms with Crippen molar-refractivity contribution in [2.24, 2.45) is 0 Å². The lowest BCUT2D eigenvalue weighted by atomic mass is 9.90. The Balaban J connectivity index is 4.01. The van der Waals surface area contributed by atoms with Crippen molar-refractivity contribution < 1.29 is 0 Å². The van der Waals surface area contributed by atoms with E-state index >= 15 is 0 Å². The van der Waals surface area contributed by atoms with Gasteiger partial charge in [0.25, 0.3) is 0 Å². The second-order valence-electron chi connectivity index (χ2n) is 3.21. The summed E-state index contributed by atoms with van der Waals surface area (Å²) in [7, 11) is 0. The molecule has 0 atom stereocenters. The molecule has 2 heteroatoms. The summed E-state index contributed by atoms with van der Waals surface area (Å²) in [5.74, 6) is 0. The summed E-state index contributed by atoms with van der Waals surface area (Å²) in [6.45, 7) is 11.4. The summed E-state index contributed by atoms with van der Waals surface area (Å²) >= 11 is 3.36. The van der Waals surface area contributed by atoms with Gasteiger partial charge in [-0.05, 0) is 19.3 Å². The SMILES string of the molecule is C=C(Br)CNC(CC)(CC)CC. The van der Waals surface area contributed by atoms with Crippen LogP contribution >= 0.6 is 15.9 Å². The number of rotatable bonds is 6. The molecule has 1 nitrogen and oxygen atoms in total. The van der Waals surface area contributed by atoms with Gasteiger partial charge in [0.15, 0.2) is 0 Å². The minimum absolute atomic E-state index is 0.316. The standard InChI is InChI=1S/C10H20BrN/c1-5-10(6-2,7-3)12-8-9(4)11/h12H,4-8H2,1-3H3. The van der Waals surface area contributed by atoms with Crippen LogP contribution in [-0.4, -0.2) is 12.1 Å². The van der Waals surface area contributed by atoms with Gasteiger partial charge in [0.1, 0.15) is 0 Å². The molecule has 0 bridgehead atoms. The molecule has 0 aliphatic carbocycles. The highest BCUT2D eigenvalue weighted by molar-refractivity contribution is 9.11. The first-order valence-corrected chi connectivity index (χ1v) is 5.47. The van der Waals surface area contributed by atoms with Gasteiger partial charge in [0.2, 0.25) is 0 Å². The lowest BCUT2D eigenvalue weighted by Crippen LogP contribution is -2.44. The molecule has 12 heavy (non-hydrogen) atoms. The predicted molar refractivity (Wildman–Crippen MR) is 59.7 cm³/mol. The maximum absolute atomic E-state index is 3.82. The maximum atomic E-state index is 3.82. The highest BCUT2D eigenvalue weighted by Gasteiger charge is 2.22. The summed E-state index contributed by atoms with van der Waals surface area (Å²) in [5, 5.41) is 3.54. The molecule has 0 saturated carbocycles. The second-order valence-corrected chi connectivity index (χ2v) is 4.33.